The molecule has 0 aromatic heterocycles. The molecule has 0 spiro atoms. The average molecular weight is 230 g/mol. The summed E-state index contributed by atoms with van der Waals surface area (Å²) in [6.45, 7) is 4.77. The van der Waals surface area contributed by atoms with Gasteiger partial charge in [-0.15, -0.1) is 0 Å². The van der Waals surface area contributed by atoms with Crippen LogP contribution >= 0.6 is 0 Å². The molecule has 0 fully saturated rings. The van der Waals surface area contributed by atoms with E-state index in [-0.39, 0.29) is 0 Å². The molecule has 0 N–H and O–H groups in total. The van der Waals surface area contributed by atoms with Crippen molar-refractivity contribution in [1.82, 2.24) is 0 Å². The normalized spacial score (nSPS) is 9.24. The molecule has 1 aromatic rings. The fourth-order valence-electron chi connectivity index (χ4n) is 1.60. The van der Waals surface area contributed by atoms with Crippen LogP contribution < -0.4 is 4.74 Å². The molecule has 0 heterocycles. The van der Waals surface area contributed by atoms with E-state index in [1.54, 1.807) is 12.1 Å². The van der Waals surface area contributed by atoms with Gasteiger partial charge in [0.15, 0.2) is 0 Å². The largest absolute Gasteiger partial charge is 0.493 e. The molecule has 0 aliphatic carbocycles. The topological polar surface area (TPSA) is 81.8 Å². The van der Waals surface area contributed by atoms with Gasteiger partial charge in [-0.25, -0.2) is 0 Å². The molecule has 0 saturated carbocycles. The van der Waals surface area contributed by atoms with Crippen LogP contribution in [-0.2, 0) is 0 Å². The minimum atomic E-state index is 0.435. The van der Waals surface area contributed by atoms with Crippen molar-refractivity contribution < 1.29 is 4.74 Å². The van der Waals surface area contributed by atoms with E-state index in [4.69, 9.17) is 15.5 Å². The van der Waals surface area contributed by atoms with Gasteiger partial charge in [-0.3, -0.25) is 0 Å². The van der Waals surface area contributed by atoms with Gasteiger partial charge in [0, 0.05) is 11.5 Å². The van der Waals surface area contributed by atoms with E-state index in [1.165, 1.54) is 0 Å². The van der Waals surface area contributed by atoms with E-state index in [9.17, 15) is 0 Å². The number of benzene rings is 1. The summed E-state index contributed by atoms with van der Waals surface area (Å²) in [6, 6.07) is 5.71. The van der Waals surface area contributed by atoms with E-state index in [0.717, 1.165) is 16.9 Å². The lowest BCUT2D eigenvalue weighted by Crippen LogP contribution is -2.02. The minimum Gasteiger partial charge on any atom is -0.493 e. The smallest absolute Gasteiger partial charge is 0.125 e. The Morgan fingerprint density at radius 3 is 2.59 bits per heavy atom. The summed E-state index contributed by atoms with van der Waals surface area (Å²) in [4.78, 5) is 2.67. The summed E-state index contributed by atoms with van der Waals surface area (Å²) < 4.78 is 5.62. The molecule has 0 atom stereocenters. The second-order valence-corrected chi connectivity index (χ2v) is 3.71. The highest BCUT2D eigenvalue weighted by Crippen LogP contribution is 2.24. The van der Waals surface area contributed by atoms with Gasteiger partial charge in [-0.05, 0) is 49.1 Å². The van der Waals surface area contributed by atoms with Crippen molar-refractivity contribution in [3.8, 4) is 11.8 Å². The van der Waals surface area contributed by atoms with E-state index in [1.807, 2.05) is 13.8 Å². The third kappa shape index (κ3) is 3.71. The number of nitrogens with zero attached hydrogens (tertiary/aromatic N) is 4. The zero-order chi connectivity index (χ0) is 12.7. The molecule has 17 heavy (non-hydrogen) atoms. The predicted molar refractivity (Wildman–Crippen MR) is 64.8 cm³/mol. The van der Waals surface area contributed by atoms with E-state index in [2.05, 4.69) is 16.1 Å². The van der Waals surface area contributed by atoms with Crippen molar-refractivity contribution >= 4 is 0 Å². The second kappa shape index (κ2) is 6.41. The van der Waals surface area contributed by atoms with E-state index < -0.39 is 0 Å². The molecule has 0 unspecified atom stereocenters. The van der Waals surface area contributed by atoms with Crippen LogP contribution in [0.1, 0.15) is 23.1 Å². The maximum atomic E-state index is 8.81. The van der Waals surface area contributed by atoms with Gasteiger partial charge in [-0.1, -0.05) is 5.11 Å². The lowest BCUT2D eigenvalue weighted by Gasteiger charge is -2.11. The molecular formula is C12H14N4O. The number of nitriles is 1. The number of ether oxygens (including phenoxy) is 1. The number of azide groups is 1. The number of hydrogen-bond donors (Lipinski definition) is 0. The molecule has 0 saturated heterocycles. The summed E-state index contributed by atoms with van der Waals surface area (Å²) in [6.07, 6.45) is 0.683. The van der Waals surface area contributed by atoms with Crippen LogP contribution in [-0.4, -0.2) is 13.2 Å². The van der Waals surface area contributed by atoms with Crippen LogP contribution in [0.15, 0.2) is 17.2 Å². The van der Waals surface area contributed by atoms with Crippen LogP contribution in [0.5, 0.6) is 5.75 Å². The average Bonchev–Trinajstić information content (AvgIpc) is 2.31. The Kier molecular flexibility index (Phi) is 4.86. The van der Waals surface area contributed by atoms with Crippen LogP contribution in [0.2, 0.25) is 0 Å². The Hall–Kier alpha value is -2.18. The van der Waals surface area contributed by atoms with E-state index in [0.29, 0.717) is 25.1 Å². The number of rotatable bonds is 5. The third-order valence-corrected chi connectivity index (χ3v) is 2.30. The highest BCUT2D eigenvalue weighted by atomic mass is 16.5. The van der Waals surface area contributed by atoms with Crippen LogP contribution in [0.25, 0.3) is 10.4 Å². The predicted octanol–water partition coefficient (Wildman–Crippen LogP) is 3.25. The zero-order valence-corrected chi connectivity index (χ0v) is 9.97. The van der Waals surface area contributed by atoms with Crippen molar-refractivity contribution in [3.63, 3.8) is 0 Å². The fourth-order valence-corrected chi connectivity index (χ4v) is 1.60. The Morgan fingerprint density at radius 2 is 2.06 bits per heavy atom. The summed E-state index contributed by atoms with van der Waals surface area (Å²) >= 11 is 0. The minimum absolute atomic E-state index is 0.435. The van der Waals surface area contributed by atoms with Crippen molar-refractivity contribution in [2.24, 2.45) is 5.11 Å². The summed E-state index contributed by atoms with van der Waals surface area (Å²) in [5.41, 5.74) is 10.7. The molecule has 0 bridgehead atoms. The third-order valence-electron chi connectivity index (χ3n) is 2.30. The van der Waals surface area contributed by atoms with Gasteiger partial charge in [0.25, 0.3) is 0 Å². The van der Waals surface area contributed by atoms with Crippen molar-refractivity contribution in [2.75, 3.05) is 13.2 Å². The van der Waals surface area contributed by atoms with Crippen molar-refractivity contribution in [3.05, 3.63) is 39.3 Å². The van der Waals surface area contributed by atoms with Crippen LogP contribution in [0.3, 0.4) is 0 Å². The Balaban J connectivity index is 2.65. The number of hydrogen-bond acceptors (Lipinski definition) is 3. The molecule has 5 heteroatoms. The van der Waals surface area contributed by atoms with E-state index >= 15 is 0 Å². The van der Waals surface area contributed by atoms with Gasteiger partial charge >= 0.3 is 0 Å². The molecule has 1 rings (SSSR count). The Morgan fingerprint density at radius 1 is 1.41 bits per heavy atom. The van der Waals surface area contributed by atoms with Gasteiger partial charge < -0.3 is 4.74 Å². The first-order valence-electron chi connectivity index (χ1n) is 5.34. The van der Waals surface area contributed by atoms with Gasteiger partial charge in [-0.2, -0.15) is 5.26 Å². The highest BCUT2D eigenvalue weighted by Gasteiger charge is 2.05. The molecule has 0 aliphatic heterocycles. The maximum absolute atomic E-state index is 8.81. The Labute approximate surface area is 100 Å². The summed E-state index contributed by atoms with van der Waals surface area (Å²) in [5, 5.41) is 12.2. The molecule has 88 valence electrons. The Bertz CT molecular complexity index is 461. The molecule has 1 aromatic carbocycles. The first-order chi connectivity index (χ1) is 8.19. The maximum Gasteiger partial charge on any atom is 0.125 e. The van der Waals surface area contributed by atoms with Crippen LogP contribution in [0.4, 0.5) is 0 Å². The van der Waals surface area contributed by atoms with Crippen molar-refractivity contribution in [1.29, 1.82) is 5.26 Å². The summed E-state index contributed by atoms with van der Waals surface area (Å²) in [7, 11) is 0. The lowest BCUT2D eigenvalue weighted by atomic mass is 10.1. The highest BCUT2D eigenvalue weighted by molar-refractivity contribution is 5.47. The summed E-state index contributed by atoms with van der Waals surface area (Å²) in [5.74, 6) is 0.810. The first-order valence-corrected chi connectivity index (χ1v) is 5.34. The molecule has 0 radical (unpaired) electrons. The molecular weight excluding hydrogens is 216 g/mol. The molecule has 0 amide bonds. The van der Waals surface area contributed by atoms with Crippen LogP contribution in [0, 0.1) is 25.2 Å². The first kappa shape index (κ1) is 12.9. The van der Waals surface area contributed by atoms with Gasteiger partial charge in [0.2, 0.25) is 0 Å². The zero-order valence-electron chi connectivity index (χ0n) is 9.97. The SMILES string of the molecule is Cc1cc(C#N)cc(C)c1OCCCN=[N+]=[N-]. The lowest BCUT2D eigenvalue weighted by molar-refractivity contribution is 0.309. The fraction of sp³-hybridized carbons (Fsp3) is 0.417. The van der Waals surface area contributed by atoms with Crippen molar-refractivity contribution in [2.45, 2.75) is 20.3 Å². The standard InChI is InChI=1S/C12H14N4O/c1-9-6-11(8-13)7-10(2)12(9)17-5-3-4-15-16-14/h6-7H,3-5H2,1-2H3. The van der Waals surface area contributed by atoms with Gasteiger partial charge in [0.05, 0.1) is 18.2 Å². The molecule has 5 nitrogen and oxygen atoms in total. The molecule has 0 aliphatic rings. The van der Waals surface area contributed by atoms with Gasteiger partial charge in [0.1, 0.15) is 5.75 Å². The second-order valence-electron chi connectivity index (χ2n) is 3.71. The number of aryl methyl sites for hydroxylation is 2. The quantitative estimate of drug-likeness (QED) is 0.336. The monoisotopic (exact) mass is 230 g/mol.